The van der Waals surface area contributed by atoms with Crippen LogP contribution in [0.1, 0.15) is 30.6 Å². The van der Waals surface area contributed by atoms with E-state index >= 15 is 0 Å². The molecule has 1 N–H and O–H groups in total. The van der Waals surface area contributed by atoms with Crippen molar-refractivity contribution in [3.8, 4) is 0 Å². The minimum Gasteiger partial charge on any atom is -0.351 e. The molecule has 1 amide bonds. The molecule has 18 heavy (non-hydrogen) atoms. The molecule has 0 bridgehead atoms. The Balaban J connectivity index is 2.66. The number of benzene rings is 1. The molecule has 0 aliphatic heterocycles. The van der Waals surface area contributed by atoms with Gasteiger partial charge in [-0.3, -0.25) is 4.79 Å². The van der Waals surface area contributed by atoms with Gasteiger partial charge in [-0.2, -0.15) is 0 Å². The summed E-state index contributed by atoms with van der Waals surface area (Å²) in [6, 6.07) is 5.54. The van der Waals surface area contributed by atoms with Gasteiger partial charge in [-0.1, -0.05) is 45.7 Å². The van der Waals surface area contributed by atoms with Crippen LogP contribution < -0.4 is 5.32 Å². The molecule has 1 aromatic carbocycles. The first-order chi connectivity index (χ1) is 8.35. The number of alkyl halides is 1. The van der Waals surface area contributed by atoms with Crippen LogP contribution in [0.3, 0.4) is 0 Å². The second kappa shape index (κ2) is 7.06. The zero-order valence-electron chi connectivity index (χ0n) is 10.4. The Hall–Kier alpha value is 0.130. The van der Waals surface area contributed by atoms with Gasteiger partial charge in [-0.05, 0) is 46.0 Å². The summed E-state index contributed by atoms with van der Waals surface area (Å²) in [5, 5.41) is 3.92. The molecule has 0 saturated carbocycles. The van der Waals surface area contributed by atoms with Crippen LogP contribution in [0.5, 0.6) is 0 Å². The minimum absolute atomic E-state index is 0.0444. The number of carbonyl (C=O) groups is 1. The van der Waals surface area contributed by atoms with Gasteiger partial charge in [-0.25, -0.2) is 0 Å². The summed E-state index contributed by atoms with van der Waals surface area (Å²) in [7, 11) is 0. The SMILES string of the molecule is CC(C)(CCBr)CNC(=O)c1ccc(Br)cc1Br. The second-order valence-corrected chi connectivity index (χ2v) is 7.47. The van der Waals surface area contributed by atoms with Crippen LogP contribution in [0.15, 0.2) is 27.1 Å². The summed E-state index contributed by atoms with van der Waals surface area (Å²) in [5.74, 6) is -0.0444. The molecule has 0 aliphatic rings. The Morgan fingerprint density at radius 2 is 2.00 bits per heavy atom. The zero-order valence-corrected chi connectivity index (χ0v) is 15.2. The predicted molar refractivity (Wildman–Crippen MR) is 86.4 cm³/mol. The molecule has 0 heterocycles. The van der Waals surface area contributed by atoms with E-state index in [9.17, 15) is 4.79 Å². The van der Waals surface area contributed by atoms with Crippen molar-refractivity contribution in [1.29, 1.82) is 0 Å². The van der Waals surface area contributed by atoms with Crippen molar-refractivity contribution in [3.63, 3.8) is 0 Å². The quantitative estimate of drug-likeness (QED) is 0.656. The second-order valence-electron chi connectivity index (χ2n) is 4.91. The fourth-order valence-electron chi connectivity index (χ4n) is 1.43. The summed E-state index contributed by atoms with van der Waals surface area (Å²) >= 11 is 10.2. The summed E-state index contributed by atoms with van der Waals surface area (Å²) in [6.45, 7) is 4.95. The molecule has 0 radical (unpaired) electrons. The van der Waals surface area contributed by atoms with Crippen LogP contribution in [0, 0.1) is 5.41 Å². The van der Waals surface area contributed by atoms with Gasteiger partial charge in [0.2, 0.25) is 0 Å². The topological polar surface area (TPSA) is 29.1 Å². The first-order valence-corrected chi connectivity index (χ1v) is 8.36. The van der Waals surface area contributed by atoms with Gasteiger partial charge in [0.05, 0.1) is 5.56 Å². The van der Waals surface area contributed by atoms with E-state index in [1.807, 2.05) is 12.1 Å². The highest BCUT2D eigenvalue weighted by molar-refractivity contribution is 9.11. The van der Waals surface area contributed by atoms with Crippen molar-refractivity contribution in [2.45, 2.75) is 20.3 Å². The molecular weight excluding hydrogens is 426 g/mol. The first-order valence-electron chi connectivity index (χ1n) is 5.65. The lowest BCUT2D eigenvalue weighted by Gasteiger charge is -2.24. The third kappa shape index (κ3) is 5.02. The number of amides is 1. The summed E-state index contributed by atoms with van der Waals surface area (Å²) in [4.78, 5) is 12.1. The van der Waals surface area contributed by atoms with Crippen molar-refractivity contribution in [3.05, 3.63) is 32.7 Å². The Labute approximate surface area is 133 Å². The highest BCUT2D eigenvalue weighted by Crippen LogP contribution is 2.23. The van der Waals surface area contributed by atoms with E-state index in [4.69, 9.17) is 0 Å². The maximum atomic E-state index is 12.1. The van der Waals surface area contributed by atoms with Crippen LogP contribution >= 0.6 is 47.8 Å². The molecule has 0 aromatic heterocycles. The van der Waals surface area contributed by atoms with E-state index in [0.29, 0.717) is 12.1 Å². The molecule has 0 aliphatic carbocycles. The van der Waals surface area contributed by atoms with Crippen molar-refractivity contribution in [2.24, 2.45) is 5.41 Å². The number of carbonyl (C=O) groups excluding carboxylic acids is 1. The number of rotatable bonds is 5. The van der Waals surface area contributed by atoms with Gasteiger partial charge in [-0.15, -0.1) is 0 Å². The molecule has 2 nitrogen and oxygen atoms in total. The lowest BCUT2D eigenvalue weighted by atomic mass is 9.90. The van der Waals surface area contributed by atoms with Gasteiger partial charge < -0.3 is 5.32 Å². The fourth-order valence-corrected chi connectivity index (χ4v) is 3.73. The van der Waals surface area contributed by atoms with E-state index in [1.54, 1.807) is 6.07 Å². The monoisotopic (exact) mass is 439 g/mol. The molecule has 100 valence electrons. The Morgan fingerprint density at radius 3 is 2.56 bits per heavy atom. The highest BCUT2D eigenvalue weighted by Gasteiger charge is 2.19. The molecule has 0 unspecified atom stereocenters. The maximum Gasteiger partial charge on any atom is 0.252 e. The Kier molecular flexibility index (Phi) is 6.35. The molecule has 0 spiro atoms. The van der Waals surface area contributed by atoms with Gasteiger partial charge in [0.25, 0.3) is 5.91 Å². The van der Waals surface area contributed by atoms with E-state index < -0.39 is 0 Å². The van der Waals surface area contributed by atoms with E-state index in [2.05, 4.69) is 67.0 Å². The van der Waals surface area contributed by atoms with Crippen molar-refractivity contribution >= 4 is 53.7 Å². The largest absolute Gasteiger partial charge is 0.351 e. The van der Waals surface area contributed by atoms with Crippen molar-refractivity contribution in [1.82, 2.24) is 5.32 Å². The summed E-state index contributed by atoms with van der Waals surface area (Å²) in [5.41, 5.74) is 0.758. The molecule has 1 aromatic rings. The van der Waals surface area contributed by atoms with Crippen molar-refractivity contribution in [2.75, 3.05) is 11.9 Å². The normalized spacial score (nSPS) is 11.4. The van der Waals surface area contributed by atoms with Gasteiger partial charge in [0.15, 0.2) is 0 Å². The molecular formula is C13H16Br3NO. The van der Waals surface area contributed by atoms with Crippen molar-refractivity contribution < 1.29 is 4.79 Å². The van der Waals surface area contributed by atoms with E-state index in [0.717, 1.165) is 20.7 Å². The van der Waals surface area contributed by atoms with E-state index in [1.165, 1.54) is 0 Å². The lowest BCUT2D eigenvalue weighted by Crippen LogP contribution is -2.34. The average molecular weight is 442 g/mol. The zero-order chi connectivity index (χ0) is 13.8. The smallest absolute Gasteiger partial charge is 0.252 e. The average Bonchev–Trinajstić information content (AvgIpc) is 2.26. The molecule has 1 rings (SSSR count). The summed E-state index contributed by atoms with van der Waals surface area (Å²) in [6.07, 6.45) is 1.02. The Bertz CT molecular complexity index is 432. The molecule has 0 fully saturated rings. The maximum absolute atomic E-state index is 12.1. The minimum atomic E-state index is -0.0444. The van der Waals surface area contributed by atoms with Crippen LogP contribution in [0.4, 0.5) is 0 Å². The first kappa shape index (κ1) is 16.2. The Morgan fingerprint density at radius 1 is 1.33 bits per heavy atom. The number of hydrogen-bond acceptors (Lipinski definition) is 1. The van der Waals surface area contributed by atoms with Crippen LogP contribution in [0.25, 0.3) is 0 Å². The number of nitrogens with one attached hydrogen (secondary N) is 1. The van der Waals surface area contributed by atoms with Crippen LogP contribution in [-0.4, -0.2) is 17.8 Å². The number of halogens is 3. The predicted octanol–water partition coefficient (Wildman–Crippen LogP) is 4.75. The van der Waals surface area contributed by atoms with Crippen LogP contribution in [0.2, 0.25) is 0 Å². The van der Waals surface area contributed by atoms with Gasteiger partial charge in [0.1, 0.15) is 0 Å². The standard InChI is InChI=1S/C13H16Br3NO/c1-13(2,5-6-14)8-17-12(18)10-4-3-9(15)7-11(10)16/h3-4,7H,5-6,8H2,1-2H3,(H,17,18). The third-order valence-electron chi connectivity index (χ3n) is 2.67. The highest BCUT2D eigenvalue weighted by atomic mass is 79.9. The third-order valence-corrected chi connectivity index (χ3v) is 4.22. The summed E-state index contributed by atoms with van der Waals surface area (Å²) < 4.78 is 1.75. The fraction of sp³-hybridized carbons (Fsp3) is 0.462. The molecule has 5 heteroatoms. The van der Waals surface area contributed by atoms with E-state index in [-0.39, 0.29) is 11.3 Å². The van der Waals surface area contributed by atoms with Gasteiger partial charge in [0, 0.05) is 20.8 Å². The van der Waals surface area contributed by atoms with Crippen LogP contribution in [-0.2, 0) is 0 Å². The lowest BCUT2D eigenvalue weighted by molar-refractivity contribution is 0.0935. The number of hydrogen-bond donors (Lipinski definition) is 1. The molecule has 0 saturated heterocycles. The van der Waals surface area contributed by atoms with Gasteiger partial charge >= 0.3 is 0 Å². The molecule has 0 atom stereocenters.